The van der Waals surface area contributed by atoms with Crippen LogP contribution in [0.25, 0.3) is 10.9 Å². The van der Waals surface area contributed by atoms with Gasteiger partial charge in [0.25, 0.3) is 0 Å². The molecule has 0 saturated heterocycles. The minimum atomic E-state index is -1.05. The normalized spacial score (nSPS) is 10.6. The number of carboxylic acid groups (broad SMARTS) is 1. The highest BCUT2D eigenvalue weighted by Gasteiger charge is 2.13. The molecule has 2 aromatic rings. The molecular weight excluding hydrogens is 226 g/mol. The number of fused-ring (bicyclic) bond motifs is 1. The largest absolute Gasteiger partial charge is 0.478 e. The van der Waals surface area contributed by atoms with Crippen molar-refractivity contribution < 1.29 is 9.90 Å². The lowest BCUT2D eigenvalue weighted by Gasteiger charge is -2.06. The summed E-state index contributed by atoms with van der Waals surface area (Å²) in [7, 11) is 0. The molecule has 0 bridgehead atoms. The van der Waals surface area contributed by atoms with Crippen LogP contribution < -0.4 is 0 Å². The van der Waals surface area contributed by atoms with E-state index >= 15 is 0 Å². The van der Waals surface area contributed by atoms with Crippen molar-refractivity contribution in [3.63, 3.8) is 0 Å². The standard InChI is InChI=1S/C12H10ClNO2/c1-2-7-4-3-5-8-10(13)9(12(15)16)6-14-11(7)8/h3-6H,2H2,1H3,(H,15,16). The molecule has 3 nitrogen and oxygen atoms in total. The predicted octanol–water partition coefficient (Wildman–Crippen LogP) is 3.15. The Morgan fingerprint density at radius 3 is 2.88 bits per heavy atom. The van der Waals surface area contributed by atoms with Crippen molar-refractivity contribution in [1.82, 2.24) is 4.98 Å². The number of benzene rings is 1. The summed E-state index contributed by atoms with van der Waals surface area (Å²) in [4.78, 5) is 15.1. The fourth-order valence-electron chi connectivity index (χ4n) is 1.69. The summed E-state index contributed by atoms with van der Waals surface area (Å²) in [5.74, 6) is -1.05. The third-order valence-electron chi connectivity index (χ3n) is 2.53. The first kappa shape index (κ1) is 10.9. The molecule has 0 radical (unpaired) electrons. The number of hydrogen-bond acceptors (Lipinski definition) is 2. The second-order valence-corrected chi connectivity index (χ2v) is 3.84. The van der Waals surface area contributed by atoms with Gasteiger partial charge in [-0.25, -0.2) is 4.79 Å². The van der Waals surface area contributed by atoms with Crippen LogP contribution in [0, 0.1) is 0 Å². The number of aromatic carboxylic acids is 1. The third-order valence-corrected chi connectivity index (χ3v) is 2.93. The SMILES string of the molecule is CCc1cccc2c(Cl)c(C(=O)O)cnc12. The van der Waals surface area contributed by atoms with Crippen molar-refractivity contribution in [2.75, 3.05) is 0 Å². The van der Waals surface area contributed by atoms with Gasteiger partial charge in [0.2, 0.25) is 0 Å². The van der Waals surface area contributed by atoms with Gasteiger partial charge >= 0.3 is 5.97 Å². The van der Waals surface area contributed by atoms with E-state index in [9.17, 15) is 4.79 Å². The van der Waals surface area contributed by atoms with Gasteiger partial charge in [-0.3, -0.25) is 4.98 Å². The zero-order chi connectivity index (χ0) is 11.7. The van der Waals surface area contributed by atoms with Crippen LogP contribution in [-0.4, -0.2) is 16.1 Å². The van der Waals surface area contributed by atoms with Crippen molar-refractivity contribution in [3.05, 3.63) is 40.5 Å². The molecule has 0 atom stereocenters. The third kappa shape index (κ3) is 1.63. The first-order valence-corrected chi connectivity index (χ1v) is 5.32. The Morgan fingerprint density at radius 2 is 2.25 bits per heavy atom. The highest BCUT2D eigenvalue weighted by atomic mass is 35.5. The van der Waals surface area contributed by atoms with Crippen molar-refractivity contribution in [3.8, 4) is 0 Å². The molecule has 16 heavy (non-hydrogen) atoms. The molecule has 1 aromatic carbocycles. The maximum atomic E-state index is 10.9. The molecule has 0 amide bonds. The van der Waals surface area contributed by atoms with E-state index in [1.807, 2.05) is 19.1 Å². The van der Waals surface area contributed by atoms with E-state index in [-0.39, 0.29) is 10.6 Å². The summed E-state index contributed by atoms with van der Waals surface area (Å²) in [5.41, 5.74) is 1.89. The molecule has 0 spiro atoms. The summed E-state index contributed by atoms with van der Waals surface area (Å²) in [6.45, 7) is 2.02. The van der Waals surface area contributed by atoms with Crippen LogP contribution in [0.4, 0.5) is 0 Å². The summed E-state index contributed by atoms with van der Waals surface area (Å²) >= 11 is 6.04. The molecule has 0 unspecified atom stereocenters. The lowest BCUT2D eigenvalue weighted by Crippen LogP contribution is -2.00. The van der Waals surface area contributed by atoms with Crippen LogP contribution in [0.15, 0.2) is 24.4 Å². The van der Waals surface area contributed by atoms with Gasteiger partial charge in [-0.2, -0.15) is 0 Å². The highest BCUT2D eigenvalue weighted by Crippen LogP contribution is 2.27. The van der Waals surface area contributed by atoms with Gasteiger partial charge in [0.1, 0.15) is 0 Å². The maximum absolute atomic E-state index is 10.9. The van der Waals surface area contributed by atoms with Gasteiger partial charge in [0.05, 0.1) is 16.1 Å². The zero-order valence-electron chi connectivity index (χ0n) is 8.70. The Labute approximate surface area is 97.7 Å². The lowest BCUT2D eigenvalue weighted by atomic mass is 10.1. The Morgan fingerprint density at radius 1 is 1.50 bits per heavy atom. The molecule has 1 N–H and O–H groups in total. The van der Waals surface area contributed by atoms with Gasteiger partial charge < -0.3 is 5.11 Å². The number of carbonyl (C=O) groups is 1. The first-order chi connectivity index (χ1) is 7.65. The van der Waals surface area contributed by atoms with E-state index in [4.69, 9.17) is 16.7 Å². The highest BCUT2D eigenvalue weighted by molar-refractivity contribution is 6.38. The Hall–Kier alpha value is -1.61. The fraction of sp³-hybridized carbons (Fsp3) is 0.167. The Balaban J connectivity index is 2.81. The fourth-order valence-corrected chi connectivity index (χ4v) is 1.97. The minimum absolute atomic E-state index is 0.0439. The van der Waals surface area contributed by atoms with Crippen molar-refractivity contribution >= 4 is 28.5 Å². The van der Waals surface area contributed by atoms with E-state index in [1.165, 1.54) is 6.20 Å². The molecule has 0 saturated carbocycles. The second-order valence-electron chi connectivity index (χ2n) is 3.46. The van der Waals surface area contributed by atoms with E-state index in [2.05, 4.69) is 4.98 Å². The Bertz CT molecular complexity index is 566. The second kappa shape index (κ2) is 4.10. The molecule has 82 valence electrons. The summed E-state index contributed by atoms with van der Waals surface area (Å²) in [5, 5.41) is 9.88. The molecule has 0 aliphatic carbocycles. The average molecular weight is 236 g/mol. The molecule has 0 aliphatic heterocycles. The quantitative estimate of drug-likeness (QED) is 0.870. The predicted molar refractivity (Wildman–Crippen MR) is 63.1 cm³/mol. The van der Waals surface area contributed by atoms with Gasteiger partial charge in [0.15, 0.2) is 0 Å². The summed E-state index contributed by atoms with van der Waals surface area (Å²) in [6, 6.07) is 5.61. The van der Waals surface area contributed by atoms with E-state index in [0.29, 0.717) is 5.39 Å². The van der Waals surface area contributed by atoms with Gasteiger partial charge in [0, 0.05) is 11.6 Å². The van der Waals surface area contributed by atoms with Gasteiger partial charge in [-0.1, -0.05) is 36.7 Å². The molecule has 1 heterocycles. The lowest BCUT2D eigenvalue weighted by molar-refractivity contribution is 0.0697. The maximum Gasteiger partial charge on any atom is 0.338 e. The van der Waals surface area contributed by atoms with E-state index < -0.39 is 5.97 Å². The van der Waals surface area contributed by atoms with Crippen LogP contribution >= 0.6 is 11.6 Å². The smallest absolute Gasteiger partial charge is 0.338 e. The van der Waals surface area contributed by atoms with E-state index in [0.717, 1.165) is 17.5 Å². The van der Waals surface area contributed by atoms with Crippen LogP contribution in [-0.2, 0) is 6.42 Å². The topological polar surface area (TPSA) is 50.2 Å². The number of carboxylic acids is 1. The number of aromatic nitrogens is 1. The molecule has 0 aliphatic rings. The molecule has 2 rings (SSSR count). The van der Waals surface area contributed by atoms with Crippen LogP contribution in [0.1, 0.15) is 22.8 Å². The zero-order valence-corrected chi connectivity index (χ0v) is 9.45. The van der Waals surface area contributed by atoms with Crippen molar-refractivity contribution in [2.45, 2.75) is 13.3 Å². The monoisotopic (exact) mass is 235 g/mol. The van der Waals surface area contributed by atoms with Gasteiger partial charge in [-0.15, -0.1) is 0 Å². The van der Waals surface area contributed by atoms with Crippen LogP contribution in [0.3, 0.4) is 0 Å². The number of para-hydroxylation sites is 1. The van der Waals surface area contributed by atoms with Crippen molar-refractivity contribution in [2.24, 2.45) is 0 Å². The number of aryl methyl sites for hydroxylation is 1. The first-order valence-electron chi connectivity index (χ1n) is 4.94. The number of halogens is 1. The minimum Gasteiger partial charge on any atom is -0.478 e. The molecule has 0 fully saturated rings. The number of hydrogen-bond donors (Lipinski definition) is 1. The number of nitrogens with zero attached hydrogens (tertiary/aromatic N) is 1. The summed E-state index contributed by atoms with van der Waals surface area (Å²) < 4.78 is 0. The Kier molecular flexibility index (Phi) is 2.79. The number of pyridine rings is 1. The van der Waals surface area contributed by atoms with Crippen LogP contribution in [0.5, 0.6) is 0 Å². The van der Waals surface area contributed by atoms with Crippen LogP contribution in [0.2, 0.25) is 5.02 Å². The summed E-state index contributed by atoms with van der Waals surface area (Å²) in [6.07, 6.45) is 2.15. The molecule has 4 heteroatoms. The van der Waals surface area contributed by atoms with E-state index in [1.54, 1.807) is 6.07 Å². The molecule has 1 aromatic heterocycles. The van der Waals surface area contributed by atoms with Gasteiger partial charge in [-0.05, 0) is 12.0 Å². The van der Waals surface area contributed by atoms with Crippen molar-refractivity contribution in [1.29, 1.82) is 0 Å². The number of rotatable bonds is 2. The molecular formula is C12H10ClNO2. The average Bonchev–Trinajstić information content (AvgIpc) is 2.28.